The average molecular weight is 229 g/mol. The van der Waals surface area contributed by atoms with Gasteiger partial charge in [0.2, 0.25) is 0 Å². The van der Waals surface area contributed by atoms with E-state index in [4.69, 9.17) is 0 Å². The van der Waals surface area contributed by atoms with E-state index >= 15 is 0 Å². The van der Waals surface area contributed by atoms with Crippen LogP contribution in [0.5, 0.6) is 0 Å². The van der Waals surface area contributed by atoms with Gasteiger partial charge in [-0.15, -0.1) is 0 Å². The molecule has 3 heteroatoms. The van der Waals surface area contributed by atoms with E-state index in [1.807, 2.05) is 24.0 Å². The van der Waals surface area contributed by atoms with E-state index in [2.05, 4.69) is 41.6 Å². The molecule has 0 saturated heterocycles. The van der Waals surface area contributed by atoms with Crippen molar-refractivity contribution >= 4 is 5.69 Å². The Hall–Kier alpha value is -1.77. The van der Waals surface area contributed by atoms with Crippen LogP contribution >= 0.6 is 0 Å². The summed E-state index contributed by atoms with van der Waals surface area (Å²) in [6.45, 7) is 2.97. The molecule has 1 aromatic heterocycles. The second-order valence-corrected chi connectivity index (χ2v) is 4.28. The summed E-state index contributed by atoms with van der Waals surface area (Å²) in [6.07, 6.45) is 4.31. The summed E-state index contributed by atoms with van der Waals surface area (Å²) in [4.78, 5) is 0. The minimum absolute atomic E-state index is 0.772. The van der Waals surface area contributed by atoms with E-state index in [1.165, 1.54) is 12.0 Å². The number of aromatic nitrogens is 2. The fourth-order valence-electron chi connectivity index (χ4n) is 1.83. The summed E-state index contributed by atoms with van der Waals surface area (Å²) in [6, 6.07) is 10.7. The number of nitrogens with zero attached hydrogens (tertiary/aromatic N) is 2. The van der Waals surface area contributed by atoms with Crippen LogP contribution < -0.4 is 5.32 Å². The van der Waals surface area contributed by atoms with Crippen molar-refractivity contribution in [3.8, 4) is 0 Å². The summed E-state index contributed by atoms with van der Waals surface area (Å²) >= 11 is 0. The second-order valence-electron chi connectivity index (χ2n) is 4.28. The molecular weight excluding hydrogens is 210 g/mol. The highest BCUT2D eigenvalue weighted by molar-refractivity contribution is 5.44. The predicted molar refractivity (Wildman–Crippen MR) is 71.0 cm³/mol. The Morgan fingerprint density at radius 1 is 1.18 bits per heavy atom. The van der Waals surface area contributed by atoms with Gasteiger partial charge in [-0.05, 0) is 30.2 Å². The molecule has 0 aliphatic carbocycles. The molecule has 0 aliphatic heterocycles. The Labute approximate surface area is 102 Å². The van der Waals surface area contributed by atoms with Crippen LogP contribution in [0.25, 0.3) is 0 Å². The molecule has 90 valence electrons. The Morgan fingerprint density at radius 3 is 2.53 bits per heavy atom. The highest BCUT2D eigenvalue weighted by Gasteiger charge is 1.97. The summed E-state index contributed by atoms with van der Waals surface area (Å²) in [5, 5.41) is 7.69. The van der Waals surface area contributed by atoms with Crippen LogP contribution in [0.2, 0.25) is 0 Å². The quantitative estimate of drug-likeness (QED) is 0.854. The van der Waals surface area contributed by atoms with E-state index in [0.29, 0.717) is 0 Å². The predicted octanol–water partition coefficient (Wildman–Crippen LogP) is 2.98. The van der Waals surface area contributed by atoms with Crippen molar-refractivity contribution in [2.45, 2.75) is 26.3 Å². The van der Waals surface area contributed by atoms with Crippen molar-refractivity contribution in [2.24, 2.45) is 7.05 Å². The molecule has 1 heterocycles. The summed E-state index contributed by atoms with van der Waals surface area (Å²) < 4.78 is 1.82. The molecule has 1 aromatic carbocycles. The van der Waals surface area contributed by atoms with Crippen LogP contribution in [0.1, 0.15) is 24.6 Å². The lowest BCUT2D eigenvalue weighted by Crippen LogP contribution is -2.01. The topological polar surface area (TPSA) is 29.9 Å². The van der Waals surface area contributed by atoms with Gasteiger partial charge in [-0.2, -0.15) is 5.10 Å². The number of hydrogen-bond donors (Lipinski definition) is 1. The number of benzene rings is 1. The molecule has 17 heavy (non-hydrogen) atoms. The minimum Gasteiger partial charge on any atom is -0.379 e. The first-order valence-electron chi connectivity index (χ1n) is 6.09. The van der Waals surface area contributed by atoms with Gasteiger partial charge in [-0.3, -0.25) is 4.68 Å². The summed E-state index contributed by atoms with van der Waals surface area (Å²) in [5.41, 5.74) is 3.61. The fourth-order valence-corrected chi connectivity index (χ4v) is 1.83. The second kappa shape index (κ2) is 5.53. The molecule has 2 rings (SSSR count). The molecule has 0 saturated carbocycles. The zero-order valence-electron chi connectivity index (χ0n) is 10.5. The normalized spacial score (nSPS) is 10.5. The molecule has 0 unspecified atom stereocenters. The third-order valence-electron chi connectivity index (χ3n) is 2.74. The molecular formula is C14H19N3. The smallest absolute Gasteiger partial charge is 0.0815 e. The first kappa shape index (κ1) is 11.7. The standard InChI is InChI=1S/C14H19N3/c1-3-4-12-5-7-13(8-6-12)15-11-14-9-10-17(2)16-14/h5-10,15H,3-4,11H2,1-2H3. The number of anilines is 1. The monoisotopic (exact) mass is 229 g/mol. The van der Waals surface area contributed by atoms with E-state index in [-0.39, 0.29) is 0 Å². The van der Waals surface area contributed by atoms with Crippen molar-refractivity contribution in [3.63, 3.8) is 0 Å². The van der Waals surface area contributed by atoms with Gasteiger partial charge in [0.15, 0.2) is 0 Å². The average Bonchev–Trinajstić information content (AvgIpc) is 2.75. The van der Waals surface area contributed by atoms with Gasteiger partial charge >= 0.3 is 0 Å². The molecule has 0 amide bonds. The van der Waals surface area contributed by atoms with E-state index < -0.39 is 0 Å². The third-order valence-corrected chi connectivity index (χ3v) is 2.74. The molecule has 0 fully saturated rings. The van der Waals surface area contributed by atoms with Gasteiger partial charge in [-0.25, -0.2) is 0 Å². The van der Waals surface area contributed by atoms with Crippen LogP contribution in [-0.2, 0) is 20.0 Å². The van der Waals surface area contributed by atoms with Crippen LogP contribution in [0.15, 0.2) is 36.5 Å². The molecule has 0 atom stereocenters. The molecule has 0 bridgehead atoms. The highest BCUT2D eigenvalue weighted by Crippen LogP contribution is 2.11. The number of rotatable bonds is 5. The lowest BCUT2D eigenvalue weighted by atomic mass is 10.1. The van der Waals surface area contributed by atoms with Gasteiger partial charge in [0.05, 0.1) is 12.2 Å². The third kappa shape index (κ3) is 3.34. The van der Waals surface area contributed by atoms with Crippen molar-refractivity contribution in [3.05, 3.63) is 47.8 Å². The first-order valence-corrected chi connectivity index (χ1v) is 6.09. The fraction of sp³-hybridized carbons (Fsp3) is 0.357. The maximum atomic E-state index is 4.33. The van der Waals surface area contributed by atoms with E-state index in [1.54, 1.807) is 0 Å². The zero-order valence-corrected chi connectivity index (χ0v) is 10.5. The van der Waals surface area contributed by atoms with E-state index in [0.717, 1.165) is 24.3 Å². The first-order chi connectivity index (χ1) is 8.28. The van der Waals surface area contributed by atoms with Crippen LogP contribution in [0.4, 0.5) is 5.69 Å². The van der Waals surface area contributed by atoms with Crippen molar-refractivity contribution in [1.82, 2.24) is 9.78 Å². The van der Waals surface area contributed by atoms with Crippen molar-refractivity contribution < 1.29 is 0 Å². The Kier molecular flexibility index (Phi) is 3.81. The molecule has 0 spiro atoms. The Balaban J connectivity index is 1.90. The summed E-state index contributed by atoms with van der Waals surface area (Å²) in [7, 11) is 1.93. The van der Waals surface area contributed by atoms with Gasteiger partial charge in [0, 0.05) is 18.9 Å². The SMILES string of the molecule is CCCc1ccc(NCc2ccn(C)n2)cc1. The molecule has 3 nitrogen and oxygen atoms in total. The molecule has 2 aromatic rings. The Morgan fingerprint density at radius 2 is 1.94 bits per heavy atom. The largest absolute Gasteiger partial charge is 0.379 e. The van der Waals surface area contributed by atoms with Crippen LogP contribution in [-0.4, -0.2) is 9.78 Å². The maximum Gasteiger partial charge on any atom is 0.0815 e. The summed E-state index contributed by atoms with van der Waals surface area (Å²) in [5.74, 6) is 0. The Bertz CT molecular complexity index is 457. The lowest BCUT2D eigenvalue weighted by molar-refractivity contribution is 0.747. The van der Waals surface area contributed by atoms with Crippen LogP contribution in [0.3, 0.4) is 0 Å². The van der Waals surface area contributed by atoms with Gasteiger partial charge in [0.25, 0.3) is 0 Å². The number of nitrogens with one attached hydrogen (secondary N) is 1. The van der Waals surface area contributed by atoms with Gasteiger partial charge < -0.3 is 5.32 Å². The van der Waals surface area contributed by atoms with Gasteiger partial charge in [0.1, 0.15) is 0 Å². The molecule has 1 N–H and O–H groups in total. The van der Waals surface area contributed by atoms with Crippen LogP contribution in [0, 0.1) is 0 Å². The maximum absolute atomic E-state index is 4.33. The highest BCUT2D eigenvalue weighted by atomic mass is 15.3. The van der Waals surface area contributed by atoms with E-state index in [9.17, 15) is 0 Å². The molecule has 0 aliphatic rings. The number of aryl methyl sites for hydroxylation is 2. The number of hydrogen-bond acceptors (Lipinski definition) is 2. The zero-order chi connectivity index (χ0) is 12.1. The van der Waals surface area contributed by atoms with Crippen molar-refractivity contribution in [2.75, 3.05) is 5.32 Å². The van der Waals surface area contributed by atoms with Gasteiger partial charge in [-0.1, -0.05) is 25.5 Å². The molecule has 0 radical (unpaired) electrons. The minimum atomic E-state index is 0.772. The van der Waals surface area contributed by atoms with Crippen molar-refractivity contribution in [1.29, 1.82) is 0 Å². The lowest BCUT2D eigenvalue weighted by Gasteiger charge is -2.05.